The molecule has 1 saturated heterocycles. The lowest BCUT2D eigenvalue weighted by atomic mass is 9.99. The summed E-state index contributed by atoms with van der Waals surface area (Å²) in [5.74, 6) is 0. The van der Waals surface area contributed by atoms with Gasteiger partial charge >= 0.3 is 0 Å². The number of hydrogen-bond acceptors (Lipinski definition) is 7. The van der Waals surface area contributed by atoms with Gasteiger partial charge in [-0.3, -0.25) is 0 Å². The third kappa shape index (κ3) is 18.7. The van der Waals surface area contributed by atoms with Gasteiger partial charge in [-0.05, 0) is 37.3 Å². The zero-order chi connectivity index (χ0) is 28.6. The van der Waals surface area contributed by atoms with Crippen LogP contribution in [0.25, 0.3) is 0 Å². The molecule has 2 N–H and O–H groups in total. The van der Waals surface area contributed by atoms with Gasteiger partial charge in [-0.25, -0.2) is 0 Å². The molecule has 0 aliphatic carbocycles. The van der Waals surface area contributed by atoms with E-state index < -0.39 is 24.4 Å². The molecule has 0 aromatic rings. The van der Waals surface area contributed by atoms with Crippen molar-refractivity contribution in [3.8, 4) is 0 Å². The molecular weight excluding hydrogens is 528 g/mol. The molecule has 0 spiro atoms. The fraction of sp³-hybridized carbons (Fsp3) is 0.938. The standard InChI is InChI=1S/C32H60O5S2/c1-3-5-7-9-11-13-15-17-19-21-23-29(38)36-31-27(34)26-35-28(25-33)32(31)37-30(39)24-22-20-18-16-14-12-10-8-6-4-2/h27-28,31-34H,3-26H2,1-2H3/t27-,28+,31+,32+/m1/s1. The Morgan fingerprint density at radius 1 is 0.615 bits per heavy atom. The van der Waals surface area contributed by atoms with Crippen molar-refractivity contribution in [2.24, 2.45) is 0 Å². The number of unbranched alkanes of at least 4 members (excludes halogenated alkanes) is 18. The molecular formula is C32H60O5S2. The first-order valence-electron chi connectivity index (χ1n) is 16.3. The van der Waals surface area contributed by atoms with Gasteiger partial charge in [0.25, 0.3) is 0 Å². The second kappa shape index (κ2) is 25.4. The molecule has 0 unspecified atom stereocenters. The summed E-state index contributed by atoms with van der Waals surface area (Å²) in [7, 11) is 0. The van der Waals surface area contributed by atoms with Crippen LogP contribution < -0.4 is 0 Å². The molecule has 4 atom stereocenters. The Bertz CT molecular complexity index is 603. The van der Waals surface area contributed by atoms with Crippen LogP contribution in [0.1, 0.15) is 155 Å². The van der Waals surface area contributed by atoms with Crippen molar-refractivity contribution >= 4 is 34.5 Å². The summed E-state index contributed by atoms with van der Waals surface area (Å²) in [5, 5.41) is 21.5. The van der Waals surface area contributed by atoms with E-state index in [4.69, 9.17) is 38.6 Å². The van der Waals surface area contributed by atoms with Gasteiger partial charge in [0, 0.05) is 12.8 Å². The van der Waals surface area contributed by atoms with Crippen LogP contribution in [0.4, 0.5) is 0 Å². The molecule has 1 fully saturated rings. The fourth-order valence-electron chi connectivity index (χ4n) is 5.22. The molecule has 1 aliphatic heterocycles. The Morgan fingerprint density at radius 2 is 0.974 bits per heavy atom. The molecule has 1 rings (SSSR count). The van der Waals surface area contributed by atoms with Gasteiger partial charge in [0.2, 0.25) is 0 Å². The van der Waals surface area contributed by atoms with Crippen LogP contribution >= 0.6 is 24.4 Å². The highest BCUT2D eigenvalue weighted by Gasteiger charge is 2.43. The largest absolute Gasteiger partial charge is 0.477 e. The average Bonchev–Trinajstić information content (AvgIpc) is 2.93. The number of aliphatic hydroxyl groups is 2. The number of aliphatic hydroxyl groups excluding tert-OH is 2. The lowest BCUT2D eigenvalue weighted by Gasteiger charge is -2.40. The van der Waals surface area contributed by atoms with E-state index in [0.717, 1.165) is 25.7 Å². The Kier molecular flexibility index (Phi) is 23.9. The van der Waals surface area contributed by atoms with Crippen LogP contribution in [-0.2, 0) is 14.2 Å². The Morgan fingerprint density at radius 3 is 1.36 bits per heavy atom. The van der Waals surface area contributed by atoms with Crippen LogP contribution in [0.2, 0.25) is 0 Å². The van der Waals surface area contributed by atoms with Crippen LogP contribution in [0.3, 0.4) is 0 Å². The van der Waals surface area contributed by atoms with Crippen molar-refractivity contribution in [3.63, 3.8) is 0 Å². The van der Waals surface area contributed by atoms with E-state index in [0.29, 0.717) is 22.9 Å². The Balaban J connectivity index is 2.29. The van der Waals surface area contributed by atoms with Crippen molar-refractivity contribution in [2.45, 2.75) is 180 Å². The first kappa shape index (κ1) is 36.7. The van der Waals surface area contributed by atoms with Crippen LogP contribution in [0, 0.1) is 0 Å². The first-order chi connectivity index (χ1) is 19.0. The molecule has 0 saturated carbocycles. The van der Waals surface area contributed by atoms with Crippen molar-refractivity contribution in [3.05, 3.63) is 0 Å². The summed E-state index contributed by atoms with van der Waals surface area (Å²) in [6, 6.07) is 0. The summed E-state index contributed by atoms with van der Waals surface area (Å²) in [6.07, 6.45) is 23.9. The molecule has 0 aromatic carbocycles. The fourth-order valence-corrected chi connectivity index (χ4v) is 5.73. The van der Waals surface area contributed by atoms with E-state index in [1.165, 1.54) is 103 Å². The van der Waals surface area contributed by atoms with Gasteiger partial charge < -0.3 is 24.4 Å². The van der Waals surface area contributed by atoms with E-state index >= 15 is 0 Å². The van der Waals surface area contributed by atoms with E-state index in [9.17, 15) is 10.2 Å². The molecule has 1 aliphatic rings. The minimum atomic E-state index is -0.872. The third-order valence-electron chi connectivity index (χ3n) is 7.73. The zero-order valence-electron chi connectivity index (χ0n) is 25.2. The minimum Gasteiger partial charge on any atom is -0.477 e. The number of rotatable bonds is 25. The molecule has 0 bridgehead atoms. The highest BCUT2D eigenvalue weighted by atomic mass is 32.1. The molecule has 230 valence electrons. The summed E-state index contributed by atoms with van der Waals surface area (Å²) < 4.78 is 17.7. The minimum absolute atomic E-state index is 0.0851. The van der Waals surface area contributed by atoms with Gasteiger partial charge in [-0.1, -0.05) is 129 Å². The highest BCUT2D eigenvalue weighted by molar-refractivity contribution is 7.80. The molecule has 0 aromatic heterocycles. The predicted octanol–water partition coefficient (Wildman–Crippen LogP) is 8.79. The van der Waals surface area contributed by atoms with Crippen molar-refractivity contribution in [2.75, 3.05) is 13.2 Å². The summed E-state index contributed by atoms with van der Waals surface area (Å²) in [4.78, 5) is 0. The zero-order valence-corrected chi connectivity index (χ0v) is 26.8. The quantitative estimate of drug-likeness (QED) is 0.0816. The second-order valence-electron chi connectivity index (χ2n) is 11.4. The predicted molar refractivity (Wildman–Crippen MR) is 171 cm³/mol. The molecule has 5 nitrogen and oxygen atoms in total. The summed E-state index contributed by atoms with van der Waals surface area (Å²) in [6.45, 7) is 4.37. The SMILES string of the molecule is CCCCCCCCCCCCC(=S)O[C@@H]1[C@@H](OC(=S)CCCCCCCCCCCC)[C@H](CO)OC[C@H]1O. The average molecular weight is 589 g/mol. The van der Waals surface area contributed by atoms with Gasteiger partial charge in [-0.2, -0.15) is 0 Å². The van der Waals surface area contributed by atoms with E-state index in [1.807, 2.05) is 0 Å². The van der Waals surface area contributed by atoms with Crippen LogP contribution in [-0.4, -0.2) is 57.9 Å². The third-order valence-corrected chi connectivity index (χ3v) is 8.34. The number of ether oxygens (including phenoxy) is 3. The number of hydrogen-bond donors (Lipinski definition) is 2. The maximum absolute atomic E-state index is 10.6. The second-order valence-corrected chi connectivity index (χ2v) is 12.3. The van der Waals surface area contributed by atoms with Crippen LogP contribution in [0.5, 0.6) is 0 Å². The maximum atomic E-state index is 10.6. The van der Waals surface area contributed by atoms with Gasteiger partial charge in [0.15, 0.2) is 22.3 Å². The van der Waals surface area contributed by atoms with E-state index in [-0.39, 0.29) is 13.2 Å². The first-order valence-corrected chi connectivity index (χ1v) is 17.1. The molecule has 0 amide bonds. The van der Waals surface area contributed by atoms with Gasteiger partial charge in [0.05, 0.1) is 13.2 Å². The molecule has 1 heterocycles. The van der Waals surface area contributed by atoms with Crippen molar-refractivity contribution < 1.29 is 24.4 Å². The van der Waals surface area contributed by atoms with Crippen LogP contribution in [0.15, 0.2) is 0 Å². The lowest BCUT2D eigenvalue weighted by Crippen LogP contribution is -2.57. The van der Waals surface area contributed by atoms with E-state index in [2.05, 4.69) is 13.8 Å². The van der Waals surface area contributed by atoms with Crippen molar-refractivity contribution in [1.82, 2.24) is 0 Å². The Labute approximate surface area is 251 Å². The normalized spacial score (nSPS) is 21.1. The monoisotopic (exact) mass is 588 g/mol. The molecule has 7 heteroatoms. The topological polar surface area (TPSA) is 68.2 Å². The summed E-state index contributed by atoms with van der Waals surface area (Å²) in [5.41, 5.74) is 0. The maximum Gasteiger partial charge on any atom is 0.167 e. The van der Waals surface area contributed by atoms with E-state index in [1.54, 1.807) is 0 Å². The highest BCUT2D eigenvalue weighted by Crippen LogP contribution is 2.24. The van der Waals surface area contributed by atoms with Crippen molar-refractivity contribution in [1.29, 1.82) is 0 Å². The molecule has 39 heavy (non-hydrogen) atoms. The van der Waals surface area contributed by atoms with Gasteiger partial charge in [0.1, 0.15) is 12.2 Å². The lowest BCUT2D eigenvalue weighted by molar-refractivity contribution is -0.185. The smallest absolute Gasteiger partial charge is 0.167 e. The Hall–Kier alpha value is -0.340. The molecule has 0 radical (unpaired) electrons. The van der Waals surface area contributed by atoms with Gasteiger partial charge in [-0.15, -0.1) is 0 Å². The summed E-state index contributed by atoms with van der Waals surface area (Å²) >= 11 is 11.0. The number of thiocarbonyl (C=S) groups is 2.